The Morgan fingerprint density at radius 2 is 2.13 bits per heavy atom. The van der Waals surface area contributed by atoms with Gasteiger partial charge in [0.25, 0.3) is 0 Å². The molecular formula is C12H16FNO. The van der Waals surface area contributed by atoms with Gasteiger partial charge in [0.1, 0.15) is 6.17 Å². The largest absolute Gasteiger partial charge is 0.378 e. The zero-order chi connectivity index (χ0) is 10.5. The molecule has 1 N–H and O–H groups in total. The first-order valence-corrected chi connectivity index (χ1v) is 5.35. The van der Waals surface area contributed by atoms with Crippen LogP contribution in [0.3, 0.4) is 0 Å². The summed E-state index contributed by atoms with van der Waals surface area (Å²) in [4.78, 5) is 0. The first-order valence-electron chi connectivity index (χ1n) is 5.35. The van der Waals surface area contributed by atoms with Gasteiger partial charge in [-0.15, -0.1) is 0 Å². The molecule has 0 aromatic heterocycles. The lowest BCUT2D eigenvalue weighted by Crippen LogP contribution is -2.43. The lowest BCUT2D eigenvalue weighted by Gasteiger charge is -2.27. The maximum Gasteiger partial charge on any atom is 0.139 e. The molecular weight excluding hydrogens is 193 g/mol. The van der Waals surface area contributed by atoms with E-state index in [-0.39, 0.29) is 12.6 Å². The summed E-state index contributed by atoms with van der Waals surface area (Å²) in [6.07, 6.45) is -0.115. The third-order valence-electron chi connectivity index (χ3n) is 2.70. The molecule has 0 aliphatic carbocycles. The van der Waals surface area contributed by atoms with Gasteiger partial charge in [0.05, 0.1) is 6.61 Å². The second kappa shape index (κ2) is 5.24. The van der Waals surface area contributed by atoms with Crippen molar-refractivity contribution < 1.29 is 9.13 Å². The van der Waals surface area contributed by atoms with Gasteiger partial charge in [0.2, 0.25) is 0 Å². The van der Waals surface area contributed by atoms with Crippen molar-refractivity contribution in [2.45, 2.75) is 25.2 Å². The molecule has 2 nitrogen and oxygen atoms in total. The van der Waals surface area contributed by atoms with E-state index in [0.717, 1.165) is 13.0 Å². The van der Waals surface area contributed by atoms with Crippen molar-refractivity contribution >= 4 is 0 Å². The van der Waals surface area contributed by atoms with Gasteiger partial charge < -0.3 is 10.1 Å². The van der Waals surface area contributed by atoms with Crippen LogP contribution >= 0.6 is 0 Å². The van der Waals surface area contributed by atoms with Crippen molar-refractivity contribution in [3.8, 4) is 0 Å². The number of hydrogen-bond acceptors (Lipinski definition) is 2. The normalized spacial score (nSPS) is 26.5. The standard InChI is InChI=1S/C12H16FNO/c13-11-9-15-7-6-12(11)14-8-10-4-2-1-3-5-10/h1-5,11-12,14H,6-9H2/t11-,12+/m0/s1. The van der Waals surface area contributed by atoms with Crippen LogP contribution in [0.5, 0.6) is 0 Å². The fourth-order valence-electron chi connectivity index (χ4n) is 1.78. The Morgan fingerprint density at radius 1 is 1.33 bits per heavy atom. The zero-order valence-electron chi connectivity index (χ0n) is 8.66. The van der Waals surface area contributed by atoms with E-state index >= 15 is 0 Å². The number of hydrogen-bond donors (Lipinski definition) is 1. The predicted molar refractivity (Wildman–Crippen MR) is 57.4 cm³/mol. The van der Waals surface area contributed by atoms with Crippen LogP contribution in [0.4, 0.5) is 4.39 Å². The van der Waals surface area contributed by atoms with Gasteiger partial charge in [-0.25, -0.2) is 4.39 Å². The second-order valence-corrected chi connectivity index (χ2v) is 3.85. The van der Waals surface area contributed by atoms with Crippen LogP contribution in [0, 0.1) is 0 Å². The Balaban J connectivity index is 1.82. The van der Waals surface area contributed by atoms with Gasteiger partial charge in [0, 0.05) is 19.2 Å². The van der Waals surface area contributed by atoms with Crippen LogP contribution in [-0.4, -0.2) is 25.4 Å². The van der Waals surface area contributed by atoms with Crippen LogP contribution in [0.15, 0.2) is 30.3 Å². The molecule has 1 aliphatic rings. The monoisotopic (exact) mass is 209 g/mol. The predicted octanol–water partition coefficient (Wildman–Crippen LogP) is 1.90. The third-order valence-corrected chi connectivity index (χ3v) is 2.70. The van der Waals surface area contributed by atoms with E-state index in [2.05, 4.69) is 5.32 Å². The first kappa shape index (κ1) is 10.6. The minimum Gasteiger partial charge on any atom is -0.378 e. The molecule has 2 atom stereocenters. The molecule has 3 heteroatoms. The summed E-state index contributed by atoms with van der Waals surface area (Å²) in [5, 5.41) is 3.23. The molecule has 1 aliphatic heterocycles. The number of halogens is 1. The molecule has 15 heavy (non-hydrogen) atoms. The molecule has 0 radical (unpaired) electrons. The maximum atomic E-state index is 13.4. The molecule has 1 aromatic carbocycles. The summed E-state index contributed by atoms with van der Waals surface area (Å²) >= 11 is 0. The summed E-state index contributed by atoms with van der Waals surface area (Å²) in [5.41, 5.74) is 1.19. The Morgan fingerprint density at radius 3 is 2.87 bits per heavy atom. The summed E-state index contributed by atoms with van der Waals surface area (Å²) in [6, 6.07) is 10.00. The molecule has 0 amide bonds. The average molecular weight is 209 g/mol. The van der Waals surface area contributed by atoms with E-state index in [1.54, 1.807) is 0 Å². The average Bonchev–Trinajstić information content (AvgIpc) is 2.29. The van der Waals surface area contributed by atoms with Crippen molar-refractivity contribution in [1.29, 1.82) is 0 Å². The summed E-state index contributed by atoms with van der Waals surface area (Å²) < 4.78 is 18.4. The number of benzene rings is 1. The van der Waals surface area contributed by atoms with Crippen LogP contribution in [0.25, 0.3) is 0 Å². The minimum absolute atomic E-state index is 0.0565. The Hall–Kier alpha value is -0.930. The van der Waals surface area contributed by atoms with Crippen molar-refractivity contribution in [2.75, 3.05) is 13.2 Å². The lowest BCUT2D eigenvalue weighted by atomic mass is 10.1. The van der Waals surface area contributed by atoms with Gasteiger partial charge in [-0.1, -0.05) is 30.3 Å². The molecule has 1 heterocycles. The molecule has 1 aromatic rings. The zero-order valence-corrected chi connectivity index (χ0v) is 8.66. The Kier molecular flexibility index (Phi) is 3.69. The lowest BCUT2D eigenvalue weighted by molar-refractivity contribution is 0.0135. The number of ether oxygens (including phenoxy) is 1. The first-order chi connectivity index (χ1) is 7.36. The fraction of sp³-hybridized carbons (Fsp3) is 0.500. The molecule has 0 spiro atoms. The van der Waals surface area contributed by atoms with E-state index in [9.17, 15) is 4.39 Å². The highest BCUT2D eigenvalue weighted by Crippen LogP contribution is 2.11. The summed E-state index contributed by atoms with van der Waals surface area (Å²) in [6.45, 7) is 1.62. The molecule has 82 valence electrons. The quantitative estimate of drug-likeness (QED) is 0.821. The molecule has 0 unspecified atom stereocenters. The number of alkyl halides is 1. The summed E-state index contributed by atoms with van der Waals surface area (Å²) in [5.74, 6) is 0. The second-order valence-electron chi connectivity index (χ2n) is 3.85. The SMILES string of the molecule is F[C@H]1COCC[C@H]1NCc1ccccc1. The van der Waals surface area contributed by atoms with Crippen molar-refractivity contribution in [3.63, 3.8) is 0 Å². The molecule has 0 bridgehead atoms. The Labute approximate surface area is 89.4 Å². The van der Waals surface area contributed by atoms with Crippen LogP contribution in [-0.2, 0) is 11.3 Å². The van der Waals surface area contributed by atoms with Crippen LogP contribution in [0.1, 0.15) is 12.0 Å². The fourth-order valence-corrected chi connectivity index (χ4v) is 1.78. The van der Waals surface area contributed by atoms with Gasteiger partial charge in [0.15, 0.2) is 0 Å². The number of rotatable bonds is 3. The highest BCUT2D eigenvalue weighted by Gasteiger charge is 2.24. The molecule has 1 fully saturated rings. The highest BCUT2D eigenvalue weighted by atomic mass is 19.1. The van der Waals surface area contributed by atoms with Gasteiger partial charge in [-0.2, -0.15) is 0 Å². The van der Waals surface area contributed by atoms with Gasteiger partial charge in [-0.3, -0.25) is 0 Å². The van der Waals surface area contributed by atoms with E-state index in [1.807, 2.05) is 30.3 Å². The van der Waals surface area contributed by atoms with Gasteiger partial charge >= 0.3 is 0 Å². The molecule has 2 rings (SSSR count). The highest BCUT2D eigenvalue weighted by molar-refractivity contribution is 5.14. The van der Waals surface area contributed by atoms with E-state index in [4.69, 9.17) is 4.74 Å². The van der Waals surface area contributed by atoms with Gasteiger partial charge in [-0.05, 0) is 12.0 Å². The van der Waals surface area contributed by atoms with Crippen molar-refractivity contribution in [1.82, 2.24) is 5.32 Å². The molecule has 0 saturated carbocycles. The van der Waals surface area contributed by atoms with E-state index in [1.165, 1.54) is 5.56 Å². The van der Waals surface area contributed by atoms with Crippen LogP contribution in [0.2, 0.25) is 0 Å². The minimum atomic E-state index is -0.873. The smallest absolute Gasteiger partial charge is 0.139 e. The Bertz CT molecular complexity index is 291. The van der Waals surface area contributed by atoms with E-state index in [0.29, 0.717) is 6.61 Å². The number of nitrogens with one attached hydrogen (secondary N) is 1. The topological polar surface area (TPSA) is 21.3 Å². The van der Waals surface area contributed by atoms with Crippen LogP contribution < -0.4 is 5.32 Å². The van der Waals surface area contributed by atoms with Crippen molar-refractivity contribution in [3.05, 3.63) is 35.9 Å². The maximum absolute atomic E-state index is 13.4. The van der Waals surface area contributed by atoms with Crippen molar-refractivity contribution in [2.24, 2.45) is 0 Å². The summed E-state index contributed by atoms with van der Waals surface area (Å²) in [7, 11) is 0. The molecule has 1 saturated heterocycles. The third kappa shape index (κ3) is 3.01. The van der Waals surface area contributed by atoms with E-state index < -0.39 is 6.17 Å².